The highest BCUT2D eigenvalue weighted by atomic mass is 32.2. The van der Waals surface area contributed by atoms with Crippen molar-refractivity contribution in [3.8, 4) is 17.2 Å². The number of benzene rings is 2. The average molecular weight is 428 g/mol. The molecule has 1 amide bonds. The highest BCUT2D eigenvalue weighted by molar-refractivity contribution is 8.18. The molecule has 156 valence electrons. The lowest BCUT2D eigenvalue weighted by atomic mass is 10.1. The number of nitrogens with zero attached hydrogens (tertiary/aromatic N) is 1. The van der Waals surface area contributed by atoms with Crippen molar-refractivity contribution in [3.05, 3.63) is 52.9 Å². The molecule has 2 aromatic rings. The third kappa shape index (κ3) is 4.93. The van der Waals surface area contributed by atoms with Crippen LogP contribution in [0.4, 0.5) is 5.69 Å². The van der Waals surface area contributed by atoms with E-state index < -0.39 is 12.1 Å². The number of aliphatic imine (C=N–C) groups is 1. The number of nitrogens with one attached hydrogen (secondary N) is 1. The molecule has 0 radical (unpaired) electrons. The minimum Gasteiger partial charge on any atom is -0.497 e. The minimum atomic E-state index is -1.11. The number of hydrogen-bond donors (Lipinski definition) is 2. The van der Waals surface area contributed by atoms with Gasteiger partial charge < -0.3 is 24.6 Å². The first-order chi connectivity index (χ1) is 14.4. The smallest absolute Gasteiger partial charge is 0.344 e. The highest BCUT2D eigenvalue weighted by Crippen LogP contribution is 2.36. The SMILES string of the molecule is COc1ccc(N=C2NC(=O)/C(=C/c3cccc(OC)c3O[C@H](C)C(=O)O)S2)cc1. The van der Waals surface area contributed by atoms with Gasteiger partial charge in [-0.1, -0.05) is 12.1 Å². The molecule has 0 bridgehead atoms. The van der Waals surface area contributed by atoms with Gasteiger partial charge in [0.2, 0.25) is 0 Å². The van der Waals surface area contributed by atoms with Crippen LogP contribution in [-0.2, 0) is 9.59 Å². The number of ether oxygens (including phenoxy) is 3. The normalized spacial score (nSPS) is 17.0. The molecule has 1 heterocycles. The second kappa shape index (κ2) is 9.36. The van der Waals surface area contributed by atoms with Crippen molar-refractivity contribution >= 4 is 40.6 Å². The van der Waals surface area contributed by atoms with E-state index in [1.807, 2.05) is 0 Å². The maximum atomic E-state index is 12.4. The molecule has 1 saturated heterocycles. The fourth-order valence-corrected chi connectivity index (χ4v) is 3.39. The van der Waals surface area contributed by atoms with Crippen molar-refractivity contribution in [3.63, 3.8) is 0 Å². The van der Waals surface area contributed by atoms with E-state index in [0.29, 0.717) is 32.8 Å². The van der Waals surface area contributed by atoms with E-state index in [0.717, 1.165) is 0 Å². The molecule has 30 heavy (non-hydrogen) atoms. The topological polar surface area (TPSA) is 106 Å². The summed E-state index contributed by atoms with van der Waals surface area (Å²) in [5.74, 6) is -0.0955. The van der Waals surface area contributed by atoms with E-state index in [1.54, 1.807) is 55.7 Å². The van der Waals surface area contributed by atoms with Crippen molar-refractivity contribution in [2.75, 3.05) is 14.2 Å². The molecule has 0 aromatic heterocycles. The Kier molecular flexibility index (Phi) is 6.63. The first kappa shape index (κ1) is 21.3. The van der Waals surface area contributed by atoms with E-state index in [1.165, 1.54) is 25.8 Å². The number of methoxy groups -OCH3 is 2. The van der Waals surface area contributed by atoms with Gasteiger partial charge in [-0.2, -0.15) is 0 Å². The maximum absolute atomic E-state index is 12.4. The van der Waals surface area contributed by atoms with Gasteiger partial charge in [0.15, 0.2) is 22.8 Å². The Hall–Kier alpha value is -3.46. The Morgan fingerprint density at radius 3 is 2.53 bits per heavy atom. The number of carboxylic acids is 1. The van der Waals surface area contributed by atoms with Gasteiger partial charge in [-0.05, 0) is 55.1 Å². The van der Waals surface area contributed by atoms with Crippen molar-refractivity contribution in [2.45, 2.75) is 13.0 Å². The van der Waals surface area contributed by atoms with Crippen LogP contribution in [0.25, 0.3) is 6.08 Å². The first-order valence-electron chi connectivity index (χ1n) is 8.91. The Labute approximate surface area is 177 Å². The molecule has 1 atom stereocenters. The number of hydrogen-bond acceptors (Lipinski definition) is 7. The van der Waals surface area contributed by atoms with Crippen LogP contribution in [0.3, 0.4) is 0 Å². The first-order valence-corrected chi connectivity index (χ1v) is 9.73. The van der Waals surface area contributed by atoms with Crippen molar-refractivity contribution in [1.29, 1.82) is 0 Å². The second-order valence-electron chi connectivity index (χ2n) is 6.16. The zero-order valence-corrected chi connectivity index (χ0v) is 17.4. The average Bonchev–Trinajstić information content (AvgIpc) is 3.08. The molecular weight excluding hydrogens is 408 g/mol. The number of carbonyl (C=O) groups excluding carboxylic acids is 1. The maximum Gasteiger partial charge on any atom is 0.344 e. The number of carboxylic acid groups (broad SMARTS) is 1. The molecule has 2 aromatic carbocycles. The molecule has 8 nitrogen and oxygen atoms in total. The molecule has 0 aliphatic carbocycles. The van der Waals surface area contributed by atoms with Crippen molar-refractivity contribution in [1.82, 2.24) is 5.32 Å². The number of thioether (sulfide) groups is 1. The molecule has 0 spiro atoms. The van der Waals surface area contributed by atoms with Crippen LogP contribution in [0.5, 0.6) is 17.2 Å². The van der Waals surface area contributed by atoms with E-state index in [2.05, 4.69) is 10.3 Å². The summed E-state index contributed by atoms with van der Waals surface area (Å²) in [6.07, 6.45) is 0.527. The van der Waals surface area contributed by atoms with Gasteiger partial charge in [0, 0.05) is 5.56 Å². The monoisotopic (exact) mass is 428 g/mol. The number of carbonyl (C=O) groups is 2. The summed E-state index contributed by atoms with van der Waals surface area (Å²) in [6.45, 7) is 1.42. The van der Waals surface area contributed by atoms with Crippen LogP contribution in [0.15, 0.2) is 52.4 Å². The summed E-state index contributed by atoms with van der Waals surface area (Å²) in [5.41, 5.74) is 1.19. The third-order valence-corrected chi connectivity index (χ3v) is 5.02. The van der Waals surface area contributed by atoms with Gasteiger partial charge in [0.1, 0.15) is 5.75 Å². The van der Waals surface area contributed by atoms with Crippen LogP contribution < -0.4 is 19.5 Å². The van der Waals surface area contributed by atoms with Crippen LogP contribution in [0.2, 0.25) is 0 Å². The van der Waals surface area contributed by atoms with E-state index in [9.17, 15) is 9.59 Å². The lowest BCUT2D eigenvalue weighted by Gasteiger charge is -2.16. The molecule has 9 heteroatoms. The summed E-state index contributed by atoms with van der Waals surface area (Å²) >= 11 is 1.17. The lowest BCUT2D eigenvalue weighted by molar-refractivity contribution is -0.144. The lowest BCUT2D eigenvalue weighted by Crippen LogP contribution is -2.23. The standard InChI is InChI=1S/C21H20N2O6S/c1-12(20(25)26)29-18-13(5-4-6-16(18)28-3)11-17-19(24)23-21(30-17)22-14-7-9-15(27-2)10-8-14/h4-12H,1-3H3,(H,25,26)(H,22,23,24)/b17-11-/t12-/m1/s1. The molecule has 3 rings (SSSR count). The van der Waals surface area contributed by atoms with Crippen LogP contribution in [0.1, 0.15) is 12.5 Å². The number of aliphatic carboxylic acids is 1. The van der Waals surface area contributed by atoms with Gasteiger partial charge in [0.25, 0.3) is 5.91 Å². The fraction of sp³-hybridized carbons (Fsp3) is 0.190. The van der Waals surface area contributed by atoms with Crippen LogP contribution in [0, 0.1) is 0 Å². The van der Waals surface area contributed by atoms with E-state index in [-0.39, 0.29) is 11.7 Å². The fourth-order valence-electron chi connectivity index (χ4n) is 2.56. The summed E-state index contributed by atoms with van der Waals surface area (Å²) in [4.78, 5) is 28.4. The number of amides is 1. The summed E-state index contributed by atoms with van der Waals surface area (Å²) in [7, 11) is 3.04. The van der Waals surface area contributed by atoms with Crippen molar-refractivity contribution in [2.24, 2.45) is 4.99 Å². The van der Waals surface area contributed by atoms with E-state index in [4.69, 9.17) is 19.3 Å². The van der Waals surface area contributed by atoms with Gasteiger partial charge in [0.05, 0.1) is 24.8 Å². The minimum absolute atomic E-state index is 0.247. The molecule has 1 fully saturated rings. The largest absolute Gasteiger partial charge is 0.497 e. The Morgan fingerprint density at radius 1 is 1.17 bits per heavy atom. The number of amidine groups is 1. The Balaban J connectivity index is 1.88. The van der Waals surface area contributed by atoms with Crippen LogP contribution >= 0.6 is 11.8 Å². The molecule has 0 unspecified atom stereocenters. The van der Waals surface area contributed by atoms with E-state index >= 15 is 0 Å². The van der Waals surface area contributed by atoms with Gasteiger partial charge >= 0.3 is 5.97 Å². The summed E-state index contributed by atoms with van der Waals surface area (Å²) in [5, 5.41) is 12.3. The molecule has 1 aliphatic rings. The van der Waals surface area contributed by atoms with Crippen LogP contribution in [-0.4, -0.2) is 42.5 Å². The summed E-state index contributed by atoms with van der Waals surface area (Å²) < 4.78 is 16.0. The zero-order chi connectivity index (χ0) is 21.7. The number of para-hydroxylation sites is 1. The third-order valence-electron chi connectivity index (χ3n) is 4.11. The zero-order valence-electron chi connectivity index (χ0n) is 16.5. The predicted molar refractivity (Wildman–Crippen MR) is 115 cm³/mol. The second-order valence-corrected chi connectivity index (χ2v) is 7.19. The summed E-state index contributed by atoms with van der Waals surface area (Å²) in [6, 6.07) is 12.2. The number of rotatable bonds is 7. The van der Waals surface area contributed by atoms with Gasteiger partial charge in [-0.3, -0.25) is 4.79 Å². The molecular formula is C21H20N2O6S. The predicted octanol–water partition coefficient (Wildman–Crippen LogP) is 3.45. The van der Waals surface area contributed by atoms with Gasteiger partial charge in [-0.15, -0.1) is 0 Å². The molecule has 2 N–H and O–H groups in total. The Bertz CT molecular complexity index is 1020. The molecule has 0 saturated carbocycles. The molecule has 1 aliphatic heterocycles. The quantitative estimate of drug-likeness (QED) is 0.651. The Morgan fingerprint density at radius 2 is 1.90 bits per heavy atom. The highest BCUT2D eigenvalue weighted by Gasteiger charge is 2.25. The van der Waals surface area contributed by atoms with Gasteiger partial charge in [-0.25, -0.2) is 9.79 Å². The van der Waals surface area contributed by atoms with Crippen molar-refractivity contribution < 1.29 is 28.9 Å².